The average Bonchev–Trinajstić information content (AvgIpc) is 3.16. The molecule has 1 aliphatic heterocycles. The molecule has 0 radical (unpaired) electrons. The SMILES string of the molecule is CSc1nnc(N2C(N)=C(C#N)C(c3ccccc3F)C3=C2CCCC3=O)s1. The van der Waals surface area contributed by atoms with E-state index in [9.17, 15) is 14.4 Å². The van der Waals surface area contributed by atoms with Crippen LogP contribution >= 0.6 is 23.1 Å². The maximum atomic E-state index is 14.6. The van der Waals surface area contributed by atoms with Crippen LogP contribution in [0.4, 0.5) is 9.52 Å². The van der Waals surface area contributed by atoms with Gasteiger partial charge in [0.1, 0.15) is 11.6 Å². The third-order valence-corrected chi connectivity index (χ3v) is 6.78. The molecular formula is C19H16FN5OS2. The van der Waals surface area contributed by atoms with Gasteiger partial charge in [-0.3, -0.25) is 9.69 Å². The zero-order valence-corrected chi connectivity index (χ0v) is 16.6. The number of nitrogens with zero attached hydrogens (tertiary/aromatic N) is 4. The number of nitrogens with two attached hydrogens (primary N) is 1. The number of halogens is 1. The number of Topliss-reactive ketones (excluding diaryl/α,β-unsaturated/α-hetero) is 1. The van der Waals surface area contributed by atoms with E-state index >= 15 is 0 Å². The van der Waals surface area contributed by atoms with Crippen LogP contribution in [-0.4, -0.2) is 22.2 Å². The number of hydrogen-bond acceptors (Lipinski definition) is 8. The molecule has 28 heavy (non-hydrogen) atoms. The Morgan fingerprint density at radius 2 is 2.14 bits per heavy atom. The first-order chi connectivity index (χ1) is 13.6. The molecule has 0 saturated heterocycles. The zero-order chi connectivity index (χ0) is 19.8. The van der Waals surface area contributed by atoms with Gasteiger partial charge in [-0.25, -0.2) is 4.39 Å². The van der Waals surface area contributed by atoms with Gasteiger partial charge in [-0.15, -0.1) is 10.2 Å². The van der Waals surface area contributed by atoms with Crippen molar-refractivity contribution in [3.05, 3.63) is 58.3 Å². The lowest BCUT2D eigenvalue weighted by Gasteiger charge is -2.38. The number of allylic oxidation sites excluding steroid dienone is 3. The Hall–Kier alpha value is -2.70. The second-order valence-corrected chi connectivity index (χ2v) is 8.40. The summed E-state index contributed by atoms with van der Waals surface area (Å²) in [7, 11) is 0. The van der Waals surface area contributed by atoms with Crippen LogP contribution in [0.3, 0.4) is 0 Å². The predicted molar refractivity (Wildman–Crippen MR) is 106 cm³/mol. The molecule has 2 heterocycles. The van der Waals surface area contributed by atoms with Gasteiger partial charge in [0, 0.05) is 23.3 Å². The molecule has 0 amide bonds. The van der Waals surface area contributed by atoms with E-state index in [-0.39, 0.29) is 22.7 Å². The monoisotopic (exact) mass is 413 g/mol. The standard InChI is InChI=1S/C19H16FN5OS2/c1-27-19-24-23-18(28-19)25-13-7-4-8-14(26)16(13)15(11(9-21)17(25)22)10-5-2-3-6-12(10)20/h2-3,5-6,15H,4,7-8,22H2,1H3. The number of hydrogen-bond donors (Lipinski definition) is 1. The summed E-state index contributed by atoms with van der Waals surface area (Å²) in [5.41, 5.74) is 7.95. The normalized spacial score (nSPS) is 19.7. The summed E-state index contributed by atoms with van der Waals surface area (Å²) in [5.74, 6) is -1.19. The number of ketones is 1. The van der Waals surface area contributed by atoms with E-state index in [4.69, 9.17) is 5.73 Å². The van der Waals surface area contributed by atoms with Gasteiger partial charge in [0.25, 0.3) is 0 Å². The Labute approximate surface area is 169 Å². The molecule has 1 aliphatic carbocycles. The first-order valence-corrected chi connectivity index (χ1v) is 10.7. The van der Waals surface area contributed by atoms with Crippen molar-refractivity contribution >= 4 is 34.0 Å². The van der Waals surface area contributed by atoms with Gasteiger partial charge in [-0.1, -0.05) is 41.3 Å². The number of thioether (sulfide) groups is 1. The average molecular weight is 414 g/mol. The van der Waals surface area contributed by atoms with Gasteiger partial charge >= 0.3 is 0 Å². The molecule has 0 saturated carbocycles. The van der Waals surface area contributed by atoms with Crippen LogP contribution in [0.1, 0.15) is 30.7 Å². The fourth-order valence-electron chi connectivity index (χ4n) is 3.70. The quantitative estimate of drug-likeness (QED) is 0.766. The molecule has 2 aromatic rings. The third kappa shape index (κ3) is 2.89. The zero-order valence-electron chi connectivity index (χ0n) is 15.0. The van der Waals surface area contributed by atoms with Crippen molar-refractivity contribution in [2.45, 2.75) is 29.5 Å². The molecule has 9 heteroatoms. The van der Waals surface area contributed by atoms with Crippen molar-refractivity contribution in [3.8, 4) is 6.07 Å². The van der Waals surface area contributed by atoms with Crippen molar-refractivity contribution in [2.75, 3.05) is 11.2 Å². The van der Waals surface area contributed by atoms with Crippen molar-refractivity contribution in [3.63, 3.8) is 0 Å². The molecule has 2 N–H and O–H groups in total. The van der Waals surface area contributed by atoms with E-state index in [0.717, 1.165) is 4.34 Å². The molecule has 6 nitrogen and oxygen atoms in total. The number of carbonyl (C=O) groups is 1. The minimum atomic E-state index is -0.807. The summed E-state index contributed by atoms with van der Waals surface area (Å²) in [5, 5.41) is 18.7. The fourth-order valence-corrected chi connectivity index (χ4v) is 5.00. The molecule has 0 spiro atoms. The Morgan fingerprint density at radius 3 is 2.82 bits per heavy atom. The summed E-state index contributed by atoms with van der Waals surface area (Å²) in [6, 6.07) is 8.32. The largest absolute Gasteiger partial charge is 0.384 e. The van der Waals surface area contributed by atoms with Gasteiger partial charge in [-0.2, -0.15) is 5.26 Å². The first kappa shape index (κ1) is 18.7. The summed E-state index contributed by atoms with van der Waals surface area (Å²) < 4.78 is 15.4. The highest BCUT2D eigenvalue weighted by Gasteiger charge is 2.42. The minimum absolute atomic E-state index is 0.0886. The highest BCUT2D eigenvalue weighted by molar-refractivity contribution is 8.00. The van der Waals surface area contributed by atoms with Crippen LogP contribution in [-0.2, 0) is 4.79 Å². The lowest BCUT2D eigenvalue weighted by molar-refractivity contribution is -0.116. The van der Waals surface area contributed by atoms with Crippen LogP contribution in [0.15, 0.2) is 51.3 Å². The third-order valence-electron chi connectivity index (χ3n) is 4.89. The molecule has 1 aromatic heterocycles. The number of rotatable bonds is 3. The van der Waals surface area contributed by atoms with E-state index in [1.54, 1.807) is 23.1 Å². The Balaban J connectivity index is 1.97. The smallest absolute Gasteiger partial charge is 0.219 e. The maximum Gasteiger partial charge on any atom is 0.219 e. The van der Waals surface area contributed by atoms with E-state index in [0.29, 0.717) is 35.7 Å². The summed E-state index contributed by atoms with van der Waals surface area (Å²) in [6.07, 6.45) is 3.52. The van der Waals surface area contributed by atoms with E-state index in [1.165, 1.54) is 29.2 Å². The maximum absolute atomic E-state index is 14.6. The molecule has 1 unspecified atom stereocenters. The van der Waals surface area contributed by atoms with Crippen molar-refractivity contribution in [2.24, 2.45) is 5.73 Å². The van der Waals surface area contributed by atoms with Crippen molar-refractivity contribution in [1.82, 2.24) is 10.2 Å². The van der Waals surface area contributed by atoms with Gasteiger partial charge in [0.05, 0.1) is 17.6 Å². The van der Waals surface area contributed by atoms with Crippen molar-refractivity contribution in [1.29, 1.82) is 5.26 Å². The van der Waals surface area contributed by atoms with Crippen LogP contribution in [0.5, 0.6) is 0 Å². The van der Waals surface area contributed by atoms with Crippen molar-refractivity contribution < 1.29 is 9.18 Å². The molecule has 0 bridgehead atoms. The lowest BCUT2D eigenvalue weighted by Crippen LogP contribution is -2.38. The van der Waals surface area contributed by atoms with Gasteiger partial charge in [0.2, 0.25) is 5.13 Å². The molecule has 2 aliphatic rings. The molecule has 4 rings (SSSR count). The summed E-state index contributed by atoms with van der Waals surface area (Å²) in [4.78, 5) is 14.6. The van der Waals surface area contributed by atoms with E-state index in [1.807, 2.05) is 6.26 Å². The molecule has 0 fully saturated rings. The number of benzene rings is 1. The highest BCUT2D eigenvalue weighted by atomic mass is 32.2. The number of anilines is 1. The van der Waals surface area contributed by atoms with Gasteiger partial charge in [0.15, 0.2) is 10.1 Å². The Morgan fingerprint density at radius 1 is 1.36 bits per heavy atom. The van der Waals surface area contributed by atoms with Crippen LogP contribution < -0.4 is 10.6 Å². The number of aromatic nitrogens is 2. The van der Waals surface area contributed by atoms with Gasteiger partial charge < -0.3 is 5.73 Å². The first-order valence-electron chi connectivity index (χ1n) is 8.64. The fraction of sp³-hybridized carbons (Fsp3) is 0.263. The molecule has 142 valence electrons. The van der Waals surface area contributed by atoms with Crippen LogP contribution in [0, 0.1) is 17.1 Å². The summed E-state index contributed by atoms with van der Waals surface area (Å²) >= 11 is 2.79. The Bertz CT molecular complexity index is 1070. The number of carbonyl (C=O) groups excluding carboxylic acids is 1. The second-order valence-electron chi connectivity index (χ2n) is 6.39. The Kier molecular flexibility index (Phi) is 4.91. The van der Waals surface area contributed by atoms with Crippen LogP contribution in [0.25, 0.3) is 0 Å². The molecule has 1 aromatic carbocycles. The van der Waals surface area contributed by atoms with Gasteiger partial charge in [-0.05, 0) is 25.2 Å². The predicted octanol–water partition coefficient (Wildman–Crippen LogP) is 3.70. The van der Waals surface area contributed by atoms with E-state index in [2.05, 4.69) is 16.3 Å². The summed E-state index contributed by atoms with van der Waals surface area (Å²) in [6.45, 7) is 0. The molecule has 1 atom stereocenters. The van der Waals surface area contributed by atoms with Crippen LogP contribution in [0.2, 0.25) is 0 Å². The lowest BCUT2D eigenvalue weighted by atomic mass is 9.75. The second kappa shape index (κ2) is 7.37. The molecular weight excluding hydrogens is 397 g/mol. The topological polar surface area (TPSA) is 95.9 Å². The minimum Gasteiger partial charge on any atom is -0.384 e. The van der Waals surface area contributed by atoms with E-state index < -0.39 is 11.7 Å². The number of nitriles is 1. The highest BCUT2D eigenvalue weighted by Crippen LogP contribution is 2.47.